The van der Waals surface area contributed by atoms with Crippen molar-refractivity contribution >= 4 is 17.8 Å². The molecule has 1 aromatic carbocycles. The van der Waals surface area contributed by atoms with Gasteiger partial charge in [0.15, 0.2) is 0 Å². The zero-order chi connectivity index (χ0) is 8.81. The van der Waals surface area contributed by atoms with Crippen LogP contribution in [0.4, 0.5) is 0 Å². The molecule has 0 atom stereocenters. The number of thioether (sulfide) groups is 1. The number of rotatable bonds is 3. The minimum absolute atomic E-state index is 0.429. The van der Waals surface area contributed by atoms with Gasteiger partial charge in [0.2, 0.25) is 6.08 Å². The van der Waals surface area contributed by atoms with Crippen molar-refractivity contribution in [2.45, 2.75) is 11.4 Å². The summed E-state index contributed by atoms with van der Waals surface area (Å²) in [6, 6.07) is 7.96. The molecule has 0 aliphatic carbocycles. The van der Waals surface area contributed by atoms with Gasteiger partial charge in [-0.15, -0.1) is 11.8 Å². The zero-order valence-corrected chi connectivity index (χ0v) is 7.60. The zero-order valence-electron chi connectivity index (χ0n) is 6.78. The molecule has 0 saturated heterocycles. The molecule has 0 spiro atoms. The first-order chi connectivity index (χ1) is 5.86. The molecule has 0 bridgehead atoms. The molecule has 3 heteroatoms. The minimum atomic E-state index is 0.429. The first kappa shape index (κ1) is 9.04. The van der Waals surface area contributed by atoms with Crippen molar-refractivity contribution in [2.75, 3.05) is 6.26 Å². The average molecular weight is 179 g/mol. The predicted molar refractivity (Wildman–Crippen MR) is 50.0 cm³/mol. The Balaban J connectivity index is 2.70. The number of hydrogen-bond acceptors (Lipinski definition) is 3. The van der Waals surface area contributed by atoms with E-state index in [4.69, 9.17) is 0 Å². The second kappa shape index (κ2) is 4.75. The van der Waals surface area contributed by atoms with Gasteiger partial charge in [-0.3, -0.25) is 0 Å². The maximum absolute atomic E-state index is 9.81. The highest BCUT2D eigenvalue weighted by atomic mass is 32.2. The smallest absolute Gasteiger partial charge is 0.211 e. The molecule has 0 amide bonds. The molecule has 1 rings (SSSR count). The monoisotopic (exact) mass is 179 g/mol. The number of hydrogen-bond donors (Lipinski definition) is 0. The molecule has 62 valence electrons. The van der Waals surface area contributed by atoms with Crippen molar-refractivity contribution in [3.05, 3.63) is 29.8 Å². The summed E-state index contributed by atoms with van der Waals surface area (Å²) in [5.41, 5.74) is 1.04. The Morgan fingerprint density at radius 2 is 2.08 bits per heavy atom. The summed E-state index contributed by atoms with van der Waals surface area (Å²) in [4.78, 5) is 14.5. The lowest BCUT2D eigenvalue weighted by Crippen LogP contribution is -1.79. The normalized spacial score (nSPS) is 9.08. The van der Waals surface area contributed by atoms with Gasteiger partial charge in [-0.05, 0) is 24.0 Å². The molecule has 0 aliphatic rings. The summed E-state index contributed by atoms with van der Waals surface area (Å²) in [6.07, 6.45) is 3.54. The molecule has 0 aliphatic heterocycles. The SMILES string of the molecule is CSc1ccc(CN=C=O)cc1. The van der Waals surface area contributed by atoms with E-state index in [-0.39, 0.29) is 0 Å². The van der Waals surface area contributed by atoms with Gasteiger partial charge in [-0.25, -0.2) is 9.79 Å². The van der Waals surface area contributed by atoms with Crippen molar-refractivity contribution in [1.29, 1.82) is 0 Å². The minimum Gasteiger partial charge on any atom is -0.211 e. The van der Waals surface area contributed by atoms with E-state index in [0.29, 0.717) is 6.54 Å². The Labute approximate surface area is 75.7 Å². The summed E-state index contributed by atoms with van der Waals surface area (Å²) in [7, 11) is 0. The third kappa shape index (κ3) is 2.53. The topological polar surface area (TPSA) is 29.4 Å². The lowest BCUT2D eigenvalue weighted by atomic mass is 10.2. The van der Waals surface area contributed by atoms with Crippen molar-refractivity contribution in [2.24, 2.45) is 4.99 Å². The molecule has 1 aromatic rings. The van der Waals surface area contributed by atoms with Gasteiger partial charge in [0.1, 0.15) is 0 Å². The lowest BCUT2D eigenvalue weighted by Gasteiger charge is -1.96. The third-order valence-electron chi connectivity index (χ3n) is 1.49. The van der Waals surface area contributed by atoms with Gasteiger partial charge in [0, 0.05) is 4.90 Å². The van der Waals surface area contributed by atoms with E-state index in [1.165, 1.54) is 11.0 Å². The van der Waals surface area contributed by atoms with Crippen LogP contribution in [0.3, 0.4) is 0 Å². The van der Waals surface area contributed by atoms with Crippen molar-refractivity contribution in [1.82, 2.24) is 0 Å². The number of nitrogens with zero attached hydrogens (tertiary/aromatic N) is 1. The Morgan fingerprint density at radius 3 is 2.58 bits per heavy atom. The summed E-state index contributed by atoms with van der Waals surface area (Å²) in [6.45, 7) is 0.429. The molecule has 0 unspecified atom stereocenters. The van der Waals surface area contributed by atoms with E-state index >= 15 is 0 Å². The fraction of sp³-hybridized carbons (Fsp3) is 0.222. The number of aliphatic imine (C=N–C) groups is 1. The summed E-state index contributed by atoms with van der Waals surface area (Å²) in [5, 5.41) is 0. The maximum atomic E-state index is 9.81. The molecule has 0 aromatic heterocycles. The van der Waals surface area contributed by atoms with Gasteiger partial charge in [-0.1, -0.05) is 12.1 Å². The Hall–Kier alpha value is -1.05. The van der Waals surface area contributed by atoms with Crippen LogP contribution < -0.4 is 0 Å². The van der Waals surface area contributed by atoms with Gasteiger partial charge in [0.25, 0.3) is 0 Å². The standard InChI is InChI=1S/C9H9NOS/c1-12-9-4-2-8(3-5-9)6-10-7-11/h2-5H,6H2,1H3. The number of benzene rings is 1. The predicted octanol–water partition coefficient (Wildman–Crippen LogP) is 2.24. The van der Waals surface area contributed by atoms with Gasteiger partial charge < -0.3 is 0 Å². The second-order valence-electron chi connectivity index (χ2n) is 2.26. The Kier molecular flexibility index (Phi) is 3.58. The van der Waals surface area contributed by atoms with E-state index in [1.54, 1.807) is 11.8 Å². The molecule has 0 saturated carbocycles. The van der Waals surface area contributed by atoms with Crippen LogP contribution in [0.25, 0.3) is 0 Å². The second-order valence-corrected chi connectivity index (χ2v) is 3.14. The van der Waals surface area contributed by atoms with Gasteiger partial charge >= 0.3 is 0 Å². The largest absolute Gasteiger partial charge is 0.235 e. The first-order valence-corrected chi connectivity index (χ1v) is 4.76. The Bertz CT molecular complexity index is 288. The van der Waals surface area contributed by atoms with E-state index in [2.05, 4.69) is 4.99 Å². The van der Waals surface area contributed by atoms with Crippen LogP contribution in [0.2, 0.25) is 0 Å². The molecule has 0 heterocycles. The van der Waals surface area contributed by atoms with Gasteiger partial charge in [-0.2, -0.15) is 0 Å². The van der Waals surface area contributed by atoms with Crippen LogP contribution >= 0.6 is 11.8 Å². The molecule has 0 fully saturated rings. The van der Waals surface area contributed by atoms with E-state index in [1.807, 2.05) is 30.5 Å². The van der Waals surface area contributed by atoms with Crippen molar-refractivity contribution in [3.8, 4) is 0 Å². The van der Waals surface area contributed by atoms with Crippen LogP contribution in [0.1, 0.15) is 5.56 Å². The van der Waals surface area contributed by atoms with Crippen LogP contribution in [-0.4, -0.2) is 12.3 Å². The quantitative estimate of drug-likeness (QED) is 0.404. The highest BCUT2D eigenvalue weighted by Gasteiger charge is 1.91. The average Bonchev–Trinajstić information content (AvgIpc) is 2.15. The van der Waals surface area contributed by atoms with Gasteiger partial charge in [0.05, 0.1) is 6.54 Å². The third-order valence-corrected chi connectivity index (χ3v) is 2.23. The van der Waals surface area contributed by atoms with E-state index in [0.717, 1.165) is 5.56 Å². The van der Waals surface area contributed by atoms with Crippen LogP contribution in [0.5, 0.6) is 0 Å². The van der Waals surface area contributed by atoms with Crippen molar-refractivity contribution < 1.29 is 4.79 Å². The highest BCUT2D eigenvalue weighted by Crippen LogP contribution is 2.14. The number of isocyanates is 1. The molecule has 12 heavy (non-hydrogen) atoms. The van der Waals surface area contributed by atoms with E-state index in [9.17, 15) is 4.79 Å². The van der Waals surface area contributed by atoms with Crippen LogP contribution in [0.15, 0.2) is 34.2 Å². The molecular weight excluding hydrogens is 170 g/mol. The highest BCUT2D eigenvalue weighted by molar-refractivity contribution is 7.98. The molecular formula is C9H9NOS. The fourth-order valence-corrected chi connectivity index (χ4v) is 1.26. The van der Waals surface area contributed by atoms with Crippen molar-refractivity contribution in [3.63, 3.8) is 0 Å². The Morgan fingerprint density at radius 1 is 1.42 bits per heavy atom. The summed E-state index contributed by atoms with van der Waals surface area (Å²) in [5.74, 6) is 0. The molecule has 0 N–H and O–H groups in total. The maximum Gasteiger partial charge on any atom is 0.235 e. The first-order valence-electron chi connectivity index (χ1n) is 3.53. The van der Waals surface area contributed by atoms with Crippen LogP contribution in [-0.2, 0) is 11.3 Å². The fourth-order valence-electron chi connectivity index (χ4n) is 0.855. The number of carbonyl (C=O) groups excluding carboxylic acids is 1. The lowest BCUT2D eigenvalue weighted by molar-refractivity contribution is 0.563. The molecule has 2 nitrogen and oxygen atoms in total. The summed E-state index contributed by atoms with van der Waals surface area (Å²) < 4.78 is 0. The van der Waals surface area contributed by atoms with E-state index < -0.39 is 0 Å². The molecule has 0 radical (unpaired) electrons. The van der Waals surface area contributed by atoms with Crippen LogP contribution in [0, 0.1) is 0 Å². The summed E-state index contributed by atoms with van der Waals surface area (Å²) >= 11 is 1.69.